The van der Waals surface area contributed by atoms with E-state index in [9.17, 15) is 9.59 Å². The predicted molar refractivity (Wildman–Crippen MR) is 84.1 cm³/mol. The molecule has 1 fully saturated rings. The van der Waals surface area contributed by atoms with Crippen LogP contribution in [0.5, 0.6) is 0 Å². The van der Waals surface area contributed by atoms with Crippen molar-refractivity contribution in [3.63, 3.8) is 0 Å². The minimum Gasteiger partial charge on any atom is -0.352 e. The van der Waals surface area contributed by atoms with Gasteiger partial charge in [-0.15, -0.1) is 10.2 Å². The van der Waals surface area contributed by atoms with Gasteiger partial charge in [0.15, 0.2) is 0 Å². The summed E-state index contributed by atoms with van der Waals surface area (Å²) in [4.78, 5) is 25.8. The van der Waals surface area contributed by atoms with E-state index in [1.807, 2.05) is 23.1 Å². The van der Waals surface area contributed by atoms with Crippen molar-refractivity contribution in [2.24, 2.45) is 0 Å². The SMILES string of the molecule is O=C(NCCCN1CCCC1=O)c1ccccc1-n1cnnc1. The number of benzene rings is 1. The molecule has 0 bridgehead atoms. The molecule has 120 valence electrons. The van der Waals surface area contributed by atoms with Crippen LogP contribution in [0.25, 0.3) is 5.69 Å². The Morgan fingerprint density at radius 3 is 2.74 bits per heavy atom. The van der Waals surface area contributed by atoms with Crippen molar-refractivity contribution in [1.82, 2.24) is 25.0 Å². The molecule has 1 aliphatic heterocycles. The molecular weight excluding hydrogens is 294 g/mol. The number of carbonyl (C=O) groups is 2. The summed E-state index contributed by atoms with van der Waals surface area (Å²) in [5.41, 5.74) is 1.31. The number of amides is 2. The van der Waals surface area contributed by atoms with Crippen LogP contribution >= 0.6 is 0 Å². The Kier molecular flexibility index (Phi) is 4.65. The Hall–Kier alpha value is -2.70. The van der Waals surface area contributed by atoms with Crippen molar-refractivity contribution < 1.29 is 9.59 Å². The van der Waals surface area contributed by atoms with E-state index in [1.54, 1.807) is 23.3 Å². The van der Waals surface area contributed by atoms with E-state index in [2.05, 4.69) is 15.5 Å². The first-order chi connectivity index (χ1) is 11.3. The molecular formula is C16H19N5O2. The maximum atomic E-state index is 12.4. The van der Waals surface area contributed by atoms with Crippen LogP contribution in [0.3, 0.4) is 0 Å². The fourth-order valence-corrected chi connectivity index (χ4v) is 2.72. The topological polar surface area (TPSA) is 80.1 Å². The first-order valence-corrected chi connectivity index (χ1v) is 7.76. The van der Waals surface area contributed by atoms with Gasteiger partial charge in [-0.2, -0.15) is 0 Å². The standard InChI is InChI=1S/C16H19N5O2/c22-15-7-3-9-20(15)10-4-8-17-16(23)13-5-1-2-6-14(13)21-11-18-19-12-21/h1-2,5-6,11-12H,3-4,7-10H2,(H,17,23). The van der Waals surface area contributed by atoms with Crippen LogP contribution in [0.4, 0.5) is 0 Å². The molecule has 0 saturated carbocycles. The third-order valence-electron chi connectivity index (χ3n) is 3.91. The van der Waals surface area contributed by atoms with Crippen LogP contribution in [0.2, 0.25) is 0 Å². The van der Waals surface area contributed by atoms with Crippen LogP contribution in [0, 0.1) is 0 Å². The molecule has 0 unspecified atom stereocenters. The second-order valence-corrected chi connectivity index (χ2v) is 5.48. The number of aromatic nitrogens is 3. The largest absolute Gasteiger partial charge is 0.352 e. The molecule has 3 rings (SSSR count). The zero-order chi connectivity index (χ0) is 16.1. The van der Waals surface area contributed by atoms with Gasteiger partial charge in [0.25, 0.3) is 5.91 Å². The number of hydrogen-bond donors (Lipinski definition) is 1. The first-order valence-electron chi connectivity index (χ1n) is 7.76. The number of nitrogens with zero attached hydrogens (tertiary/aromatic N) is 4. The molecule has 1 aliphatic rings. The molecule has 0 spiro atoms. The lowest BCUT2D eigenvalue weighted by atomic mass is 10.1. The Labute approximate surface area is 134 Å². The van der Waals surface area contributed by atoms with Crippen LogP contribution in [-0.4, -0.2) is 51.1 Å². The summed E-state index contributed by atoms with van der Waals surface area (Å²) < 4.78 is 1.71. The fraction of sp³-hybridized carbons (Fsp3) is 0.375. The molecule has 7 nitrogen and oxygen atoms in total. The van der Waals surface area contributed by atoms with Gasteiger partial charge in [-0.3, -0.25) is 14.2 Å². The lowest BCUT2D eigenvalue weighted by Crippen LogP contribution is -2.31. The van der Waals surface area contributed by atoms with Gasteiger partial charge in [0, 0.05) is 26.1 Å². The summed E-state index contributed by atoms with van der Waals surface area (Å²) in [6.07, 6.45) is 5.47. The number of hydrogen-bond acceptors (Lipinski definition) is 4. The van der Waals surface area contributed by atoms with Crippen LogP contribution in [0.1, 0.15) is 29.6 Å². The molecule has 7 heteroatoms. The number of rotatable bonds is 6. The Morgan fingerprint density at radius 1 is 1.22 bits per heavy atom. The highest BCUT2D eigenvalue weighted by Crippen LogP contribution is 2.13. The van der Waals surface area contributed by atoms with Gasteiger partial charge < -0.3 is 10.2 Å². The van der Waals surface area contributed by atoms with Crippen molar-refractivity contribution in [3.8, 4) is 5.69 Å². The molecule has 0 aliphatic carbocycles. The van der Waals surface area contributed by atoms with E-state index >= 15 is 0 Å². The van der Waals surface area contributed by atoms with Gasteiger partial charge in [-0.1, -0.05) is 12.1 Å². The summed E-state index contributed by atoms with van der Waals surface area (Å²) >= 11 is 0. The summed E-state index contributed by atoms with van der Waals surface area (Å²) in [6.45, 7) is 2.08. The van der Waals surface area contributed by atoms with E-state index in [-0.39, 0.29) is 11.8 Å². The van der Waals surface area contributed by atoms with E-state index in [1.165, 1.54) is 0 Å². The quantitative estimate of drug-likeness (QED) is 0.807. The maximum Gasteiger partial charge on any atom is 0.253 e. The fourth-order valence-electron chi connectivity index (χ4n) is 2.72. The highest BCUT2D eigenvalue weighted by Gasteiger charge is 2.19. The van der Waals surface area contributed by atoms with E-state index in [4.69, 9.17) is 0 Å². The predicted octanol–water partition coefficient (Wildman–Crippen LogP) is 1.01. The van der Waals surface area contributed by atoms with Crippen LogP contribution in [0.15, 0.2) is 36.9 Å². The second-order valence-electron chi connectivity index (χ2n) is 5.48. The second kappa shape index (κ2) is 7.04. The average molecular weight is 313 g/mol. The molecule has 2 heterocycles. The minimum absolute atomic E-state index is 0.137. The highest BCUT2D eigenvalue weighted by atomic mass is 16.2. The smallest absolute Gasteiger partial charge is 0.253 e. The number of likely N-dealkylation sites (tertiary alicyclic amines) is 1. The molecule has 2 amide bonds. The van der Waals surface area contributed by atoms with E-state index in [0.717, 1.165) is 25.1 Å². The van der Waals surface area contributed by atoms with Gasteiger partial charge in [-0.05, 0) is 25.0 Å². The molecule has 23 heavy (non-hydrogen) atoms. The van der Waals surface area contributed by atoms with Crippen molar-refractivity contribution in [2.45, 2.75) is 19.3 Å². The normalized spacial score (nSPS) is 14.3. The highest BCUT2D eigenvalue weighted by molar-refractivity contribution is 5.97. The number of para-hydroxylation sites is 1. The molecule has 0 atom stereocenters. The average Bonchev–Trinajstić information content (AvgIpc) is 3.23. The third kappa shape index (κ3) is 3.56. The number of nitrogens with one attached hydrogen (secondary N) is 1. The lowest BCUT2D eigenvalue weighted by molar-refractivity contribution is -0.127. The zero-order valence-electron chi connectivity index (χ0n) is 12.8. The minimum atomic E-state index is -0.137. The van der Waals surface area contributed by atoms with E-state index < -0.39 is 0 Å². The Morgan fingerprint density at radius 2 is 2.00 bits per heavy atom. The van der Waals surface area contributed by atoms with Crippen molar-refractivity contribution in [3.05, 3.63) is 42.5 Å². The first kappa shape index (κ1) is 15.2. The Bertz CT molecular complexity index is 684. The van der Waals surface area contributed by atoms with Gasteiger partial charge in [0.05, 0.1) is 11.3 Å². The molecule has 1 N–H and O–H groups in total. The van der Waals surface area contributed by atoms with Crippen LogP contribution in [-0.2, 0) is 4.79 Å². The van der Waals surface area contributed by atoms with Crippen molar-refractivity contribution in [1.29, 1.82) is 0 Å². The summed E-state index contributed by atoms with van der Waals surface area (Å²) in [6, 6.07) is 7.31. The molecule has 0 radical (unpaired) electrons. The van der Waals surface area contributed by atoms with Gasteiger partial charge in [0.2, 0.25) is 5.91 Å². The molecule has 2 aromatic rings. The van der Waals surface area contributed by atoms with Crippen molar-refractivity contribution >= 4 is 11.8 Å². The summed E-state index contributed by atoms with van der Waals surface area (Å²) in [5, 5.41) is 10.4. The number of carbonyl (C=O) groups excluding carboxylic acids is 2. The van der Waals surface area contributed by atoms with Gasteiger partial charge in [0.1, 0.15) is 12.7 Å². The third-order valence-corrected chi connectivity index (χ3v) is 3.91. The summed E-state index contributed by atoms with van der Waals surface area (Å²) in [7, 11) is 0. The maximum absolute atomic E-state index is 12.4. The van der Waals surface area contributed by atoms with Crippen LogP contribution < -0.4 is 5.32 Å². The molecule has 1 aromatic carbocycles. The monoisotopic (exact) mass is 313 g/mol. The van der Waals surface area contributed by atoms with Gasteiger partial charge in [-0.25, -0.2) is 0 Å². The Balaban J connectivity index is 1.55. The summed E-state index contributed by atoms with van der Waals surface area (Å²) in [5.74, 6) is 0.0799. The molecule has 1 aromatic heterocycles. The van der Waals surface area contributed by atoms with Crippen molar-refractivity contribution in [2.75, 3.05) is 19.6 Å². The van der Waals surface area contributed by atoms with Gasteiger partial charge >= 0.3 is 0 Å². The molecule has 1 saturated heterocycles. The van der Waals surface area contributed by atoms with E-state index in [0.29, 0.717) is 25.1 Å². The zero-order valence-corrected chi connectivity index (χ0v) is 12.8. The lowest BCUT2D eigenvalue weighted by Gasteiger charge is -2.15.